The molecule has 0 fully saturated rings. The summed E-state index contributed by atoms with van der Waals surface area (Å²) in [5, 5.41) is 2.33. The minimum atomic E-state index is -0.434. The van der Waals surface area contributed by atoms with Crippen molar-refractivity contribution in [3.05, 3.63) is 70.8 Å². The molecule has 154 valence electrons. The fourth-order valence-corrected chi connectivity index (χ4v) is 3.47. The average molecular weight is 414 g/mol. The third kappa shape index (κ3) is 6.68. The third-order valence-corrected chi connectivity index (χ3v) is 5.14. The van der Waals surface area contributed by atoms with E-state index in [9.17, 15) is 9.59 Å². The van der Waals surface area contributed by atoms with Crippen LogP contribution in [-0.4, -0.2) is 44.1 Å². The number of carbonyl (C=O) groups is 2. The second kappa shape index (κ2) is 11.3. The molecular weight excluding hydrogens is 386 g/mol. The molecule has 2 rings (SSSR count). The first-order chi connectivity index (χ1) is 14.0. The fourth-order valence-electron chi connectivity index (χ4n) is 2.63. The van der Waals surface area contributed by atoms with Crippen LogP contribution in [0.2, 0.25) is 0 Å². The van der Waals surface area contributed by atoms with Gasteiger partial charge in [-0.25, -0.2) is 9.59 Å². The summed E-state index contributed by atoms with van der Waals surface area (Å²) in [6.45, 7) is 4.09. The molecule has 2 aromatic rings. The van der Waals surface area contributed by atoms with Crippen molar-refractivity contribution in [1.82, 2.24) is 4.90 Å². The Morgan fingerprint density at radius 1 is 0.931 bits per heavy atom. The summed E-state index contributed by atoms with van der Waals surface area (Å²) in [5.74, 6) is -0.229. The topological polar surface area (TPSA) is 55.8 Å². The maximum atomic E-state index is 12.4. The molecule has 0 bridgehead atoms. The Morgan fingerprint density at radius 3 is 2.24 bits per heavy atom. The number of hydrogen-bond donors (Lipinski definition) is 0. The number of fused-ring (bicyclic) bond motifs is 1. The molecule has 0 amide bonds. The molecule has 6 heteroatoms. The summed E-state index contributed by atoms with van der Waals surface area (Å²) in [7, 11) is 3.51. The zero-order valence-electron chi connectivity index (χ0n) is 17.3. The maximum Gasteiger partial charge on any atom is 0.354 e. The Bertz CT molecular complexity index is 918. The first kappa shape index (κ1) is 22.6. The van der Waals surface area contributed by atoms with E-state index in [1.165, 1.54) is 17.1 Å². The standard InChI is InChI=1S/C23H27NO4S/c1-5-27-22(25)20(24(3)4)13-14-21(23(26)28-6-2)29-16-17-11-12-18-9-7-8-10-19(18)15-17/h7-15H,5-6,16H2,1-4H3. The van der Waals surface area contributed by atoms with Crippen LogP contribution < -0.4 is 0 Å². The van der Waals surface area contributed by atoms with E-state index in [1.807, 2.05) is 12.1 Å². The third-order valence-electron chi connectivity index (χ3n) is 4.04. The van der Waals surface area contributed by atoms with Crippen LogP contribution in [0.4, 0.5) is 0 Å². The van der Waals surface area contributed by atoms with Crippen molar-refractivity contribution >= 4 is 34.5 Å². The van der Waals surface area contributed by atoms with Crippen LogP contribution >= 0.6 is 11.8 Å². The summed E-state index contributed by atoms with van der Waals surface area (Å²) in [4.78, 5) is 26.6. The van der Waals surface area contributed by atoms with Gasteiger partial charge in [-0.05, 0) is 42.3 Å². The Hall–Kier alpha value is -2.73. The number of allylic oxidation sites excluding steroid dienone is 2. The number of ether oxygens (including phenoxy) is 2. The van der Waals surface area contributed by atoms with E-state index in [2.05, 4.69) is 30.3 Å². The van der Waals surface area contributed by atoms with Gasteiger partial charge in [-0.3, -0.25) is 0 Å². The first-order valence-corrected chi connectivity index (χ1v) is 10.5. The van der Waals surface area contributed by atoms with Gasteiger partial charge in [0, 0.05) is 19.8 Å². The molecule has 0 atom stereocenters. The molecule has 29 heavy (non-hydrogen) atoms. The minimum Gasteiger partial charge on any atom is -0.462 e. The lowest BCUT2D eigenvalue weighted by molar-refractivity contribution is -0.140. The Labute approximate surface area is 176 Å². The Kier molecular flexibility index (Phi) is 8.80. The monoisotopic (exact) mass is 413 g/mol. The average Bonchev–Trinajstić information content (AvgIpc) is 2.70. The van der Waals surface area contributed by atoms with E-state index in [0.29, 0.717) is 16.4 Å². The first-order valence-electron chi connectivity index (χ1n) is 9.50. The number of thioether (sulfide) groups is 1. The highest BCUT2D eigenvalue weighted by Crippen LogP contribution is 2.25. The van der Waals surface area contributed by atoms with Crippen molar-refractivity contribution in [3.63, 3.8) is 0 Å². The number of likely N-dealkylation sites (N-methyl/N-ethyl adjacent to an activating group) is 1. The molecule has 0 saturated carbocycles. The second-order valence-corrected chi connectivity index (χ2v) is 7.41. The molecule has 0 saturated heterocycles. The van der Waals surface area contributed by atoms with Gasteiger partial charge in [0.1, 0.15) is 5.70 Å². The van der Waals surface area contributed by atoms with Gasteiger partial charge in [0.05, 0.1) is 18.1 Å². The van der Waals surface area contributed by atoms with Crippen molar-refractivity contribution in [3.8, 4) is 0 Å². The van der Waals surface area contributed by atoms with E-state index in [0.717, 1.165) is 10.9 Å². The van der Waals surface area contributed by atoms with Gasteiger partial charge >= 0.3 is 11.9 Å². The van der Waals surface area contributed by atoms with Crippen molar-refractivity contribution in [2.75, 3.05) is 27.3 Å². The zero-order chi connectivity index (χ0) is 21.2. The molecule has 0 radical (unpaired) electrons. The van der Waals surface area contributed by atoms with Gasteiger partial charge in [-0.1, -0.05) is 42.5 Å². The largest absolute Gasteiger partial charge is 0.462 e. The van der Waals surface area contributed by atoms with Crippen LogP contribution in [0.5, 0.6) is 0 Å². The molecule has 2 aromatic carbocycles. The van der Waals surface area contributed by atoms with Gasteiger partial charge in [0.25, 0.3) is 0 Å². The number of benzene rings is 2. The molecule has 0 spiro atoms. The van der Waals surface area contributed by atoms with Gasteiger partial charge in [0.15, 0.2) is 0 Å². The number of rotatable bonds is 9. The van der Waals surface area contributed by atoms with E-state index >= 15 is 0 Å². The van der Waals surface area contributed by atoms with E-state index in [4.69, 9.17) is 9.47 Å². The van der Waals surface area contributed by atoms with E-state index < -0.39 is 11.9 Å². The molecule has 0 aromatic heterocycles. The predicted octanol–water partition coefficient (Wildman–Crippen LogP) is 4.53. The van der Waals surface area contributed by atoms with Crippen LogP contribution in [-0.2, 0) is 24.8 Å². The van der Waals surface area contributed by atoms with Crippen molar-refractivity contribution < 1.29 is 19.1 Å². The number of esters is 2. The van der Waals surface area contributed by atoms with E-state index in [-0.39, 0.29) is 13.2 Å². The Balaban J connectivity index is 2.24. The van der Waals surface area contributed by atoms with Crippen molar-refractivity contribution in [2.24, 2.45) is 0 Å². The van der Waals surface area contributed by atoms with Crippen LogP contribution in [0, 0.1) is 0 Å². The summed E-state index contributed by atoms with van der Waals surface area (Å²) >= 11 is 1.38. The predicted molar refractivity (Wildman–Crippen MR) is 118 cm³/mol. The van der Waals surface area contributed by atoms with Crippen LogP contribution in [0.1, 0.15) is 19.4 Å². The number of nitrogens with zero attached hydrogens (tertiary/aromatic N) is 1. The number of hydrogen-bond acceptors (Lipinski definition) is 6. The Morgan fingerprint density at radius 2 is 1.59 bits per heavy atom. The molecular formula is C23H27NO4S. The highest BCUT2D eigenvalue weighted by molar-refractivity contribution is 8.03. The lowest BCUT2D eigenvalue weighted by Gasteiger charge is -2.15. The van der Waals surface area contributed by atoms with Gasteiger partial charge in [-0.15, -0.1) is 11.8 Å². The maximum absolute atomic E-state index is 12.4. The summed E-state index contributed by atoms with van der Waals surface area (Å²) in [6.07, 6.45) is 3.22. The lowest BCUT2D eigenvalue weighted by atomic mass is 10.1. The smallest absolute Gasteiger partial charge is 0.354 e. The van der Waals surface area contributed by atoms with Crippen LogP contribution in [0.25, 0.3) is 10.8 Å². The van der Waals surface area contributed by atoms with Crippen molar-refractivity contribution in [1.29, 1.82) is 0 Å². The number of carbonyl (C=O) groups excluding carboxylic acids is 2. The minimum absolute atomic E-state index is 0.287. The second-order valence-electron chi connectivity index (χ2n) is 6.39. The molecule has 0 aliphatic heterocycles. The van der Waals surface area contributed by atoms with Gasteiger partial charge in [0.2, 0.25) is 0 Å². The molecule has 0 heterocycles. The summed E-state index contributed by atoms with van der Waals surface area (Å²) in [6, 6.07) is 14.4. The summed E-state index contributed by atoms with van der Waals surface area (Å²) in [5.41, 5.74) is 1.46. The van der Waals surface area contributed by atoms with Crippen molar-refractivity contribution in [2.45, 2.75) is 19.6 Å². The highest BCUT2D eigenvalue weighted by Gasteiger charge is 2.15. The highest BCUT2D eigenvalue weighted by atomic mass is 32.2. The quantitative estimate of drug-likeness (QED) is 0.342. The fraction of sp³-hybridized carbons (Fsp3) is 0.304. The van der Waals surface area contributed by atoms with Gasteiger partial charge in [-0.2, -0.15) is 0 Å². The van der Waals surface area contributed by atoms with Gasteiger partial charge < -0.3 is 14.4 Å². The molecule has 0 aliphatic rings. The normalized spacial score (nSPS) is 12.0. The SMILES string of the molecule is CCOC(=O)C(=CC=C(C(=O)OCC)N(C)C)SCc1ccc2ccccc2c1. The molecule has 0 unspecified atom stereocenters. The molecule has 5 nitrogen and oxygen atoms in total. The molecule has 0 N–H and O–H groups in total. The summed E-state index contributed by atoms with van der Waals surface area (Å²) < 4.78 is 10.3. The molecule has 0 aliphatic carbocycles. The van der Waals surface area contributed by atoms with Crippen LogP contribution in [0.15, 0.2) is 65.2 Å². The van der Waals surface area contributed by atoms with Crippen LogP contribution in [0.3, 0.4) is 0 Å². The zero-order valence-corrected chi connectivity index (χ0v) is 18.1. The van der Waals surface area contributed by atoms with E-state index in [1.54, 1.807) is 45.0 Å². The lowest BCUT2D eigenvalue weighted by Crippen LogP contribution is -2.21.